The van der Waals surface area contributed by atoms with E-state index in [-0.39, 0.29) is 11.3 Å². The van der Waals surface area contributed by atoms with Crippen molar-refractivity contribution in [1.82, 2.24) is 9.55 Å². The first-order valence-corrected chi connectivity index (χ1v) is 7.63. The fourth-order valence-corrected chi connectivity index (χ4v) is 2.71. The lowest BCUT2D eigenvalue weighted by molar-refractivity contribution is 0.0932. The Balaban J connectivity index is 2.08. The van der Waals surface area contributed by atoms with Gasteiger partial charge in [-0.25, -0.2) is 4.98 Å². The lowest BCUT2D eigenvalue weighted by Gasteiger charge is -2.14. The number of nitrogens with zero attached hydrogens (tertiary/aromatic N) is 2. The van der Waals surface area contributed by atoms with Gasteiger partial charge in [0.25, 0.3) is 5.56 Å². The Hall–Kier alpha value is -2.27. The van der Waals surface area contributed by atoms with Gasteiger partial charge < -0.3 is 0 Å². The molecule has 22 heavy (non-hydrogen) atoms. The smallest absolute Gasteiger partial charge is 0.261 e. The van der Waals surface area contributed by atoms with Crippen molar-refractivity contribution in [2.75, 3.05) is 0 Å². The van der Waals surface area contributed by atoms with Gasteiger partial charge in [0.1, 0.15) is 0 Å². The lowest BCUT2D eigenvalue weighted by Crippen LogP contribution is -2.28. The standard InChI is InChI=1S/C17H13BrN2O2/c1-11(16(21)12-5-3-2-4-6-12)20-10-19-15-8-7-13(18)9-14(15)17(20)22/h2-11H,1H3. The Labute approximate surface area is 135 Å². The molecule has 5 heteroatoms. The van der Waals surface area contributed by atoms with E-state index in [1.165, 1.54) is 10.9 Å². The van der Waals surface area contributed by atoms with E-state index in [9.17, 15) is 9.59 Å². The van der Waals surface area contributed by atoms with Crippen LogP contribution < -0.4 is 5.56 Å². The van der Waals surface area contributed by atoms with Gasteiger partial charge in [0, 0.05) is 10.0 Å². The van der Waals surface area contributed by atoms with Crippen LogP contribution in [0.3, 0.4) is 0 Å². The minimum Gasteiger partial charge on any atom is -0.292 e. The molecule has 0 fully saturated rings. The maximum atomic E-state index is 12.6. The first kappa shape index (κ1) is 14.7. The third-order valence-corrected chi connectivity index (χ3v) is 4.09. The maximum Gasteiger partial charge on any atom is 0.261 e. The molecule has 0 saturated carbocycles. The quantitative estimate of drug-likeness (QED) is 0.673. The molecule has 1 unspecified atom stereocenters. The van der Waals surface area contributed by atoms with Gasteiger partial charge in [-0.05, 0) is 25.1 Å². The highest BCUT2D eigenvalue weighted by molar-refractivity contribution is 9.10. The summed E-state index contributed by atoms with van der Waals surface area (Å²) in [5, 5.41) is 0.490. The summed E-state index contributed by atoms with van der Waals surface area (Å²) in [7, 11) is 0. The second kappa shape index (κ2) is 5.85. The summed E-state index contributed by atoms with van der Waals surface area (Å²) in [6.07, 6.45) is 1.43. The highest BCUT2D eigenvalue weighted by atomic mass is 79.9. The zero-order valence-electron chi connectivity index (χ0n) is 11.9. The molecule has 0 aliphatic carbocycles. The molecule has 0 N–H and O–H groups in total. The Morgan fingerprint density at radius 1 is 1.18 bits per heavy atom. The van der Waals surface area contributed by atoms with Crippen molar-refractivity contribution < 1.29 is 4.79 Å². The van der Waals surface area contributed by atoms with Crippen LogP contribution in [0.2, 0.25) is 0 Å². The molecule has 0 spiro atoms. The average Bonchev–Trinajstić information content (AvgIpc) is 2.55. The number of fused-ring (bicyclic) bond motifs is 1. The predicted molar refractivity (Wildman–Crippen MR) is 89.2 cm³/mol. The minimum atomic E-state index is -0.606. The van der Waals surface area contributed by atoms with Crippen LogP contribution in [0.5, 0.6) is 0 Å². The van der Waals surface area contributed by atoms with Gasteiger partial charge in [-0.3, -0.25) is 14.2 Å². The van der Waals surface area contributed by atoms with Crippen LogP contribution in [-0.4, -0.2) is 15.3 Å². The monoisotopic (exact) mass is 356 g/mol. The number of benzene rings is 2. The highest BCUT2D eigenvalue weighted by Crippen LogP contribution is 2.17. The molecular weight excluding hydrogens is 344 g/mol. The average molecular weight is 357 g/mol. The fraction of sp³-hybridized carbons (Fsp3) is 0.118. The number of carbonyl (C=O) groups is 1. The molecule has 0 saturated heterocycles. The molecule has 1 atom stereocenters. The molecule has 110 valence electrons. The van der Waals surface area contributed by atoms with Crippen LogP contribution in [0.1, 0.15) is 23.3 Å². The normalized spacial score (nSPS) is 12.3. The Morgan fingerprint density at radius 3 is 2.64 bits per heavy atom. The number of halogens is 1. The summed E-state index contributed by atoms with van der Waals surface area (Å²) in [5.41, 5.74) is 0.975. The zero-order valence-corrected chi connectivity index (χ0v) is 13.4. The van der Waals surface area contributed by atoms with Crippen molar-refractivity contribution in [2.24, 2.45) is 0 Å². The summed E-state index contributed by atoms with van der Waals surface area (Å²) >= 11 is 3.35. The number of Topliss-reactive ketones (excluding diaryl/α,β-unsaturated/α-hetero) is 1. The number of carbonyl (C=O) groups excluding carboxylic acids is 1. The highest BCUT2D eigenvalue weighted by Gasteiger charge is 2.19. The van der Waals surface area contributed by atoms with Crippen molar-refractivity contribution in [3.05, 3.63) is 75.2 Å². The van der Waals surface area contributed by atoms with E-state index in [0.717, 1.165) is 4.47 Å². The minimum absolute atomic E-state index is 0.112. The number of ketones is 1. The van der Waals surface area contributed by atoms with Gasteiger partial charge in [0.05, 0.1) is 23.3 Å². The maximum absolute atomic E-state index is 12.6. The van der Waals surface area contributed by atoms with Crippen LogP contribution in [0, 0.1) is 0 Å². The van der Waals surface area contributed by atoms with E-state index in [0.29, 0.717) is 16.5 Å². The van der Waals surface area contributed by atoms with E-state index >= 15 is 0 Å². The van der Waals surface area contributed by atoms with Gasteiger partial charge in [0.2, 0.25) is 0 Å². The third-order valence-electron chi connectivity index (χ3n) is 3.60. The van der Waals surface area contributed by atoms with E-state index in [2.05, 4.69) is 20.9 Å². The molecule has 3 aromatic rings. The van der Waals surface area contributed by atoms with Crippen molar-refractivity contribution in [2.45, 2.75) is 13.0 Å². The number of hydrogen-bond acceptors (Lipinski definition) is 3. The van der Waals surface area contributed by atoms with E-state index < -0.39 is 6.04 Å². The largest absolute Gasteiger partial charge is 0.292 e. The van der Waals surface area contributed by atoms with Gasteiger partial charge >= 0.3 is 0 Å². The molecule has 0 aliphatic rings. The van der Waals surface area contributed by atoms with Crippen molar-refractivity contribution in [1.29, 1.82) is 0 Å². The molecule has 0 aliphatic heterocycles. The van der Waals surface area contributed by atoms with Crippen molar-refractivity contribution in [3.8, 4) is 0 Å². The summed E-state index contributed by atoms with van der Waals surface area (Å²) in [5.74, 6) is -0.112. The zero-order chi connectivity index (χ0) is 15.7. The molecule has 4 nitrogen and oxygen atoms in total. The van der Waals surface area contributed by atoms with Crippen LogP contribution in [0.15, 0.2) is 64.1 Å². The van der Waals surface area contributed by atoms with Gasteiger partial charge in [-0.15, -0.1) is 0 Å². The second-order valence-electron chi connectivity index (χ2n) is 5.02. The van der Waals surface area contributed by atoms with E-state index in [1.54, 1.807) is 43.3 Å². The molecule has 1 aromatic heterocycles. The van der Waals surface area contributed by atoms with Crippen LogP contribution in [0.25, 0.3) is 10.9 Å². The predicted octanol–water partition coefficient (Wildman–Crippen LogP) is 3.60. The summed E-state index contributed by atoms with van der Waals surface area (Å²) < 4.78 is 2.18. The summed E-state index contributed by atoms with van der Waals surface area (Å²) in [6.45, 7) is 1.71. The van der Waals surface area contributed by atoms with Crippen LogP contribution in [-0.2, 0) is 0 Å². The Kier molecular flexibility index (Phi) is 3.90. The van der Waals surface area contributed by atoms with Crippen LogP contribution >= 0.6 is 15.9 Å². The third kappa shape index (κ3) is 2.60. The van der Waals surface area contributed by atoms with Gasteiger partial charge in [0.15, 0.2) is 5.78 Å². The van der Waals surface area contributed by atoms with Gasteiger partial charge in [-0.1, -0.05) is 46.3 Å². The van der Waals surface area contributed by atoms with Crippen molar-refractivity contribution in [3.63, 3.8) is 0 Å². The molecule has 2 aromatic carbocycles. The molecule has 1 heterocycles. The van der Waals surface area contributed by atoms with Crippen molar-refractivity contribution >= 4 is 32.6 Å². The van der Waals surface area contributed by atoms with Gasteiger partial charge in [-0.2, -0.15) is 0 Å². The molecule has 0 amide bonds. The molecule has 3 rings (SSSR count). The second-order valence-corrected chi connectivity index (χ2v) is 5.94. The summed E-state index contributed by atoms with van der Waals surface area (Å²) in [4.78, 5) is 29.4. The molecular formula is C17H13BrN2O2. The molecule has 0 radical (unpaired) electrons. The Morgan fingerprint density at radius 2 is 1.91 bits per heavy atom. The Bertz CT molecular complexity index is 903. The van der Waals surface area contributed by atoms with Crippen LogP contribution in [0.4, 0.5) is 0 Å². The number of hydrogen-bond donors (Lipinski definition) is 0. The summed E-state index contributed by atoms with van der Waals surface area (Å²) in [6, 6.07) is 13.7. The number of aromatic nitrogens is 2. The SMILES string of the molecule is CC(C(=O)c1ccccc1)n1cnc2ccc(Br)cc2c1=O. The first-order valence-electron chi connectivity index (χ1n) is 6.83. The number of rotatable bonds is 3. The van der Waals surface area contributed by atoms with E-state index in [1.807, 2.05) is 12.1 Å². The first-order chi connectivity index (χ1) is 10.6. The fourth-order valence-electron chi connectivity index (χ4n) is 2.35. The van der Waals surface area contributed by atoms with E-state index in [4.69, 9.17) is 0 Å². The topological polar surface area (TPSA) is 52.0 Å². The molecule has 0 bridgehead atoms. The lowest BCUT2D eigenvalue weighted by atomic mass is 10.1.